The van der Waals surface area contributed by atoms with Crippen LogP contribution in [0.25, 0.3) is 10.8 Å². The Kier molecular flexibility index (Phi) is 6.87. The maximum Gasteiger partial charge on any atom is 0.238 e. The van der Waals surface area contributed by atoms with Crippen molar-refractivity contribution in [1.82, 2.24) is 15.1 Å². The molecule has 0 aromatic heterocycles. The highest BCUT2D eigenvalue weighted by molar-refractivity contribution is 6.02. The number of nitrogens with zero attached hydrogens (tertiary/aromatic N) is 2. The second kappa shape index (κ2) is 9.37. The number of amides is 2. The Morgan fingerprint density at radius 2 is 1.48 bits per heavy atom. The largest absolute Gasteiger partial charge is 0.350 e. The molecule has 1 aliphatic rings. The molecule has 1 fully saturated rings. The zero-order chi connectivity index (χ0) is 20.9. The van der Waals surface area contributed by atoms with E-state index in [1.54, 1.807) is 0 Å². The van der Waals surface area contributed by atoms with Gasteiger partial charge in [-0.2, -0.15) is 0 Å². The number of hydrogen-bond acceptors (Lipinski definition) is 4. The van der Waals surface area contributed by atoms with Gasteiger partial charge in [0.15, 0.2) is 0 Å². The molecule has 0 saturated carbocycles. The summed E-state index contributed by atoms with van der Waals surface area (Å²) in [7, 11) is 0. The number of hydrogen-bond donors (Lipinski definition) is 2. The fourth-order valence-electron chi connectivity index (χ4n) is 3.73. The Bertz CT molecular complexity index is 854. The van der Waals surface area contributed by atoms with Gasteiger partial charge >= 0.3 is 0 Å². The van der Waals surface area contributed by atoms with E-state index in [2.05, 4.69) is 20.4 Å². The van der Waals surface area contributed by atoms with E-state index in [1.807, 2.05) is 63.2 Å². The summed E-state index contributed by atoms with van der Waals surface area (Å²) in [5, 5.41) is 8.24. The summed E-state index contributed by atoms with van der Waals surface area (Å²) in [5.41, 5.74) is 0.637. The lowest BCUT2D eigenvalue weighted by Gasteiger charge is -2.25. The highest BCUT2D eigenvalue weighted by Crippen LogP contribution is 2.22. The third kappa shape index (κ3) is 6.54. The van der Waals surface area contributed by atoms with E-state index in [4.69, 9.17) is 0 Å². The topological polar surface area (TPSA) is 64.7 Å². The van der Waals surface area contributed by atoms with E-state index in [-0.39, 0.29) is 17.4 Å². The molecule has 0 aliphatic carbocycles. The van der Waals surface area contributed by atoms with Crippen molar-refractivity contribution in [3.05, 3.63) is 42.5 Å². The summed E-state index contributed by atoms with van der Waals surface area (Å²) < 4.78 is 0. The number of carbonyl (C=O) groups is 2. The first-order chi connectivity index (χ1) is 13.8. The van der Waals surface area contributed by atoms with E-state index < -0.39 is 0 Å². The fraction of sp³-hybridized carbons (Fsp3) is 0.478. The van der Waals surface area contributed by atoms with Gasteiger partial charge in [0.25, 0.3) is 0 Å². The van der Waals surface area contributed by atoms with E-state index in [9.17, 15) is 9.59 Å². The lowest BCUT2D eigenvalue weighted by Crippen LogP contribution is -2.46. The van der Waals surface area contributed by atoms with E-state index in [0.29, 0.717) is 13.1 Å². The van der Waals surface area contributed by atoms with E-state index in [0.717, 1.165) is 49.1 Å². The summed E-state index contributed by atoms with van der Waals surface area (Å²) in [6, 6.07) is 14.0. The standard InChI is InChI=1S/C23H32N4O2/c1-23(2,3)25-22(29)17-27-13-7-12-26(14-15-27)16-21(28)24-20-11-6-9-18-8-4-5-10-19(18)20/h4-6,8-11H,7,12-17H2,1-3H3,(H,24,28)(H,25,29). The van der Waals surface area contributed by atoms with Crippen LogP contribution in [0.3, 0.4) is 0 Å². The summed E-state index contributed by atoms with van der Waals surface area (Å²) in [6.45, 7) is 10.1. The van der Waals surface area contributed by atoms with Crippen LogP contribution in [-0.2, 0) is 9.59 Å². The van der Waals surface area contributed by atoms with Gasteiger partial charge in [-0.25, -0.2) is 0 Å². The van der Waals surface area contributed by atoms with Crippen molar-refractivity contribution >= 4 is 28.3 Å². The molecule has 3 rings (SSSR count). The minimum absolute atomic E-state index is 0.000258. The average molecular weight is 397 g/mol. The third-order valence-electron chi connectivity index (χ3n) is 4.99. The number of benzene rings is 2. The lowest BCUT2D eigenvalue weighted by molar-refractivity contribution is -0.123. The smallest absolute Gasteiger partial charge is 0.238 e. The molecule has 6 nitrogen and oxygen atoms in total. The van der Waals surface area contributed by atoms with Gasteiger partial charge in [0.1, 0.15) is 0 Å². The van der Waals surface area contributed by atoms with Gasteiger partial charge < -0.3 is 10.6 Å². The van der Waals surface area contributed by atoms with Crippen LogP contribution in [0.4, 0.5) is 5.69 Å². The van der Waals surface area contributed by atoms with Crippen molar-refractivity contribution in [1.29, 1.82) is 0 Å². The number of carbonyl (C=O) groups excluding carboxylic acids is 2. The Labute approximate surface area is 173 Å². The van der Waals surface area contributed by atoms with Gasteiger partial charge in [0.2, 0.25) is 11.8 Å². The Balaban J connectivity index is 1.51. The van der Waals surface area contributed by atoms with Crippen LogP contribution in [0.2, 0.25) is 0 Å². The van der Waals surface area contributed by atoms with Crippen LogP contribution in [0.1, 0.15) is 27.2 Å². The molecule has 1 heterocycles. The summed E-state index contributed by atoms with van der Waals surface area (Å²) in [6.07, 6.45) is 0.949. The van der Waals surface area contributed by atoms with Gasteiger partial charge in [-0.3, -0.25) is 19.4 Å². The molecule has 6 heteroatoms. The molecule has 1 aliphatic heterocycles. The van der Waals surface area contributed by atoms with Crippen molar-refractivity contribution in [3.8, 4) is 0 Å². The Morgan fingerprint density at radius 3 is 2.17 bits per heavy atom. The molecular weight excluding hydrogens is 364 g/mol. The molecule has 156 valence electrons. The van der Waals surface area contributed by atoms with Gasteiger partial charge in [-0.1, -0.05) is 36.4 Å². The quantitative estimate of drug-likeness (QED) is 0.816. The zero-order valence-corrected chi connectivity index (χ0v) is 17.7. The first kappa shape index (κ1) is 21.3. The molecule has 0 bridgehead atoms. The molecule has 0 spiro atoms. The molecule has 0 unspecified atom stereocenters. The zero-order valence-electron chi connectivity index (χ0n) is 17.7. The van der Waals surface area contributed by atoms with Crippen LogP contribution in [0.15, 0.2) is 42.5 Å². The highest BCUT2D eigenvalue weighted by Gasteiger charge is 2.21. The Morgan fingerprint density at radius 1 is 0.862 bits per heavy atom. The number of nitrogens with one attached hydrogen (secondary N) is 2. The molecule has 29 heavy (non-hydrogen) atoms. The van der Waals surface area contributed by atoms with Gasteiger partial charge in [-0.05, 0) is 51.7 Å². The number of fused-ring (bicyclic) bond motifs is 1. The van der Waals surface area contributed by atoms with Gasteiger partial charge in [-0.15, -0.1) is 0 Å². The normalized spacial score (nSPS) is 16.4. The second-order valence-electron chi connectivity index (χ2n) is 8.78. The molecule has 2 aromatic rings. The Hall–Kier alpha value is -2.44. The predicted octanol–water partition coefficient (Wildman–Crippen LogP) is 2.70. The lowest BCUT2D eigenvalue weighted by atomic mass is 10.1. The molecule has 0 radical (unpaired) electrons. The number of rotatable bonds is 5. The van der Waals surface area contributed by atoms with Gasteiger partial charge in [0, 0.05) is 29.7 Å². The van der Waals surface area contributed by atoms with Crippen molar-refractivity contribution in [2.24, 2.45) is 0 Å². The summed E-state index contributed by atoms with van der Waals surface area (Å²) in [4.78, 5) is 29.1. The van der Waals surface area contributed by atoms with Crippen molar-refractivity contribution < 1.29 is 9.59 Å². The first-order valence-corrected chi connectivity index (χ1v) is 10.3. The molecular formula is C23H32N4O2. The van der Waals surface area contributed by atoms with Gasteiger partial charge in [0.05, 0.1) is 13.1 Å². The summed E-state index contributed by atoms with van der Waals surface area (Å²) >= 11 is 0. The summed E-state index contributed by atoms with van der Waals surface area (Å²) in [5.74, 6) is 0.0555. The van der Waals surface area contributed by atoms with E-state index >= 15 is 0 Å². The maximum absolute atomic E-state index is 12.6. The van der Waals surface area contributed by atoms with Crippen molar-refractivity contribution in [3.63, 3.8) is 0 Å². The maximum atomic E-state index is 12.6. The first-order valence-electron chi connectivity index (χ1n) is 10.3. The fourth-order valence-corrected chi connectivity index (χ4v) is 3.73. The monoisotopic (exact) mass is 396 g/mol. The van der Waals surface area contributed by atoms with Crippen LogP contribution in [0.5, 0.6) is 0 Å². The average Bonchev–Trinajstić information content (AvgIpc) is 2.85. The second-order valence-corrected chi connectivity index (χ2v) is 8.78. The highest BCUT2D eigenvalue weighted by atomic mass is 16.2. The molecule has 1 saturated heterocycles. The minimum atomic E-state index is -0.214. The predicted molar refractivity (Wildman–Crippen MR) is 118 cm³/mol. The van der Waals surface area contributed by atoms with Crippen molar-refractivity contribution in [2.45, 2.75) is 32.7 Å². The minimum Gasteiger partial charge on any atom is -0.350 e. The molecule has 0 atom stereocenters. The SMILES string of the molecule is CC(C)(C)NC(=O)CN1CCCN(CC(=O)Nc2cccc3ccccc23)CC1. The van der Waals surface area contributed by atoms with Crippen LogP contribution >= 0.6 is 0 Å². The molecule has 2 N–H and O–H groups in total. The third-order valence-corrected chi connectivity index (χ3v) is 4.99. The van der Waals surface area contributed by atoms with Crippen LogP contribution in [0, 0.1) is 0 Å². The molecule has 2 amide bonds. The van der Waals surface area contributed by atoms with Crippen LogP contribution in [-0.4, -0.2) is 66.4 Å². The molecule has 2 aromatic carbocycles. The van der Waals surface area contributed by atoms with E-state index in [1.165, 1.54) is 0 Å². The number of anilines is 1. The van der Waals surface area contributed by atoms with Crippen LogP contribution < -0.4 is 10.6 Å². The van der Waals surface area contributed by atoms with Crippen molar-refractivity contribution in [2.75, 3.05) is 44.6 Å².